The minimum absolute atomic E-state index is 0.154. The number of rotatable bonds is 1. The van der Waals surface area contributed by atoms with Crippen LogP contribution in [-0.2, 0) is 10.3 Å². The van der Waals surface area contributed by atoms with Gasteiger partial charge in [-0.3, -0.25) is 4.79 Å². The fourth-order valence-electron chi connectivity index (χ4n) is 2.11. The summed E-state index contributed by atoms with van der Waals surface area (Å²) in [6.07, 6.45) is 1.37. The standard InChI is InChI=1S/C12H14FNO/c1-12(8-7-11(15)14(12)2)9-3-5-10(13)6-4-9/h3-6H,7-8H2,1-2H3. The Morgan fingerprint density at radius 3 is 2.40 bits per heavy atom. The maximum atomic E-state index is 12.8. The van der Waals surface area contributed by atoms with Gasteiger partial charge in [0, 0.05) is 13.5 Å². The van der Waals surface area contributed by atoms with Gasteiger partial charge in [0.05, 0.1) is 5.54 Å². The molecule has 1 atom stereocenters. The summed E-state index contributed by atoms with van der Waals surface area (Å²) in [4.78, 5) is 13.2. The molecule has 1 saturated heterocycles. The van der Waals surface area contributed by atoms with E-state index in [0.29, 0.717) is 6.42 Å². The van der Waals surface area contributed by atoms with Gasteiger partial charge in [-0.1, -0.05) is 12.1 Å². The molecular weight excluding hydrogens is 193 g/mol. The van der Waals surface area contributed by atoms with Gasteiger partial charge in [0.15, 0.2) is 0 Å². The number of amides is 1. The second kappa shape index (κ2) is 3.33. The lowest BCUT2D eigenvalue weighted by Crippen LogP contribution is -2.37. The van der Waals surface area contributed by atoms with E-state index in [4.69, 9.17) is 0 Å². The van der Waals surface area contributed by atoms with Gasteiger partial charge >= 0.3 is 0 Å². The Morgan fingerprint density at radius 1 is 1.33 bits per heavy atom. The van der Waals surface area contributed by atoms with Crippen LogP contribution in [0.25, 0.3) is 0 Å². The van der Waals surface area contributed by atoms with Gasteiger partial charge in [-0.2, -0.15) is 0 Å². The molecule has 1 aliphatic rings. The summed E-state index contributed by atoms with van der Waals surface area (Å²) in [5.74, 6) is -0.0869. The molecule has 0 aromatic heterocycles. The van der Waals surface area contributed by atoms with Crippen molar-refractivity contribution in [1.82, 2.24) is 4.90 Å². The highest BCUT2D eigenvalue weighted by molar-refractivity contribution is 5.79. The highest BCUT2D eigenvalue weighted by atomic mass is 19.1. The monoisotopic (exact) mass is 207 g/mol. The van der Waals surface area contributed by atoms with Crippen LogP contribution in [0.1, 0.15) is 25.3 Å². The summed E-state index contributed by atoms with van der Waals surface area (Å²) in [5, 5.41) is 0. The number of benzene rings is 1. The highest BCUT2D eigenvalue weighted by Gasteiger charge is 2.40. The number of halogens is 1. The molecule has 0 N–H and O–H groups in total. The van der Waals surface area contributed by atoms with Crippen LogP contribution < -0.4 is 0 Å². The summed E-state index contributed by atoms with van der Waals surface area (Å²) in [6.45, 7) is 2.02. The lowest BCUT2D eigenvalue weighted by molar-refractivity contribution is -0.129. The normalized spacial score (nSPS) is 26.1. The van der Waals surface area contributed by atoms with E-state index in [-0.39, 0.29) is 17.3 Å². The number of hydrogen-bond acceptors (Lipinski definition) is 1. The number of likely N-dealkylation sites (tertiary alicyclic amines) is 1. The summed E-state index contributed by atoms with van der Waals surface area (Å²) in [5.41, 5.74) is 0.724. The number of hydrogen-bond donors (Lipinski definition) is 0. The minimum atomic E-state index is -0.273. The van der Waals surface area contributed by atoms with E-state index in [1.54, 1.807) is 24.1 Å². The second-order valence-electron chi connectivity index (χ2n) is 4.23. The van der Waals surface area contributed by atoms with Crippen molar-refractivity contribution in [3.63, 3.8) is 0 Å². The Labute approximate surface area is 88.7 Å². The van der Waals surface area contributed by atoms with Crippen LogP contribution in [0.5, 0.6) is 0 Å². The van der Waals surface area contributed by atoms with Crippen molar-refractivity contribution in [3.05, 3.63) is 35.6 Å². The summed E-state index contributed by atoms with van der Waals surface area (Å²) < 4.78 is 12.8. The zero-order valence-corrected chi connectivity index (χ0v) is 8.96. The molecule has 0 spiro atoms. The maximum Gasteiger partial charge on any atom is 0.223 e. The van der Waals surface area contributed by atoms with Crippen molar-refractivity contribution in [3.8, 4) is 0 Å². The SMILES string of the molecule is CN1C(=O)CCC1(C)c1ccc(F)cc1. The zero-order chi connectivity index (χ0) is 11.1. The van der Waals surface area contributed by atoms with Crippen molar-refractivity contribution in [2.24, 2.45) is 0 Å². The van der Waals surface area contributed by atoms with Gasteiger partial charge in [0.2, 0.25) is 5.91 Å². The van der Waals surface area contributed by atoms with Crippen LogP contribution in [0, 0.1) is 5.82 Å². The molecule has 80 valence electrons. The fourth-order valence-corrected chi connectivity index (χ4v) is 2.11. The molecule has 0 radical (unpaired) electrons. The molecule has 0 saturated carbocycles. The van der Waals surface area contributed by atoms with Gasteiger partial charge < -0.3 is 4.90 Å². The third-order valence-electron chi connectivity index (χ3n) is 3.41. The van der Waals surface area contributed by atoms with Crippen LogP contribution in [0.15, 0.2) is 24.3 Å². The lowest BCUT2D eigenvalue weighted by Gasteiger charge is -2.32. The van der Waals surface area contributed by atoms with Crippen molar-refractivity contribution in [1.29, 1.82) is 0 Å². The average molecular weight is 207 g/mol. The van der Waals surface area contributed by atoms with E-state index in [1.807, 2.05) is 6.92 Å². The van der Waals surface area contributed by atoms with E-state index >= 15 is 0 Å². The van der Waals surface area contributed by atoms with Crippen molar-refractivity contribution in [2.75, 3.05) is 7.05 Å². The first-order valence-corrected chi connectivity index (χ1v) is 5.07. The summed E-state index contributed by atoms with van der Waals surface area (Å²) in [7, 11) is 1.80. The third kappa shape index (κ3) is 1.52. The Hall–Kier alpha value is -1.38. The van der Waals surface area contributed by atoms with Gasteiger partial charge in [-0.15, -0.1) is 0 Å². The molecule has 1 aromatic rings. The molecule has 0 bridgehead atoms. The van der Waals surface area contributed by atoms with Gasteiger partial charge in [0.1, 0.15) is 5.82 Å². The Bertz CT molecular complexity index is 387. The minimum Gasteiger partial charge on any atom is -0.336 e. The predicted molar refractivity (Wildman–Crippen MR) is 55.8 cm³/mol. The molecule has 1 aliphatic heterocycles. The first-order chi connectivity index (χ1) is 7.04. The van der Waals surface area contributed by atoms with E-state index < -0.39 is 0 Å². The van der Waals surface area contributed by atoms with Crippen LogP contribution in [0.4, 0.5) is 4.39 Å². The molecule has 1 fully saturated rings. The smallest absolute Gasteiger partial charge is 0.223 e. The first kappa shape index (κ1) is 10.1. The molecule has 2 nitrogen and oxygen atoms in total. The first-order valence-electron chi connectivity index (χ1n) is 5.07. The predicted octanol–water partition coefficient (Wildman–Crippen LogP) is 2.29. The van der Waals surface area contributed by atoms with Crippen molar-refractivity contribution < 1.29 is 9.18 Å². The Kier molecular flexibility index (Phi) is 2.25. The number of carbonyl (C=O) groups is 1. The molecule has 1 amide bonds. The Morgan fingerprint density at radius 2 is 1.93 bits per heavy atom. The van der Waals surface area contributed by atoms with Crippen LogP contribution in [0.3, 0.4) is 0 Å². The molecule has 3 heteroatoms. The lowest BCUT2D eigenvalue weighted by atomic mass is 9.90. The average Bonchev–Trinajstić information content (AvgIpc) is 2.48. The summed E-state index contributed by atoms with van der Waals surface area (Å²) >= 11 is 0. The fraction of sp³-hybridized carbons (Fsp3) is 0.417. The van der Waals surface area contributed by atoms with Gasteiger partial charge in [-0.05, 0) is 31.0 Å². The maximum absolute atomic E-state index is 12.8. The van der Waals surface area contributed by atoms with Gasteiger partial charge in [0.25, 0.3) is 0 Å². The second-order valence-corrected chi connectivity index (χ2v) is 4.23. The van der Waals surface area contributed by atoms with E-state index in [9.17, 15) is 9.18 Å². The largest absolute Gasteiger partial charge is 0.336 e. The Balaban J connectivity index is 2.38. The molecule has 1 aromatic carbocycles. The van der Waals surface area contributed by atoms with Crippen LogP contribution in [-0.4, -0.2) is 17.9 Å². The van der Waals surface area contributed by atoms with Crippen molar-refractivity contribution >= 4 is 5.91 Å². The van der Waals surface area contributed by atoms with Crippen LogP contribution >= 0.6 is 0 Å². The van der Waals surface area contributed by atoms with E-state index in [0.717, 1.165) is 12.0 Å². The zero-order valence-electron chi connectivity index (χ0n) is 8.96. The molecule has 2 rings (SSSR count). The molecule has 1 unspecified atom stereocenters. The third-order valence-corrected chi connectivity index (χ3v) is 3.41. The van der Waals surface area contributed by atoms with Crippen molar-refractivity contribution in [2.45, 2.75) is 25.3 Å². The number of carbonyl (C=O) groups excluding carboxylic acids is 1. The number of nitrogens with zero attached hydrogens (tertiary/aromatic N) is 1. The van der Waals surface area contributed by atoms with E-state index in [2.05, 4.69) is 0 Å². The molecule has 1 heterocycles. The highest BCUT2D eigenvalue weighted by Crippen LogP contribution is 2.37. The topological polar surface area (TPSA) is 20.3 Å². The van der Waals surface area contributed by atoms with Crippen LogP contribution in [0.2, 0.25) is 0 Å². The molecular formula is C12H14FNO. The van der Waals surface area contributed by atoms with E-state index in [1.165, 1.54) is 12.1 Å². The van der Waals surface area contributed by atoms with Gasteiger partial charge in [-0.25, -0.2) is 4.39 Å². The molecule has 15 heavy (non-hydrogen) atoms. The summed E-state index contributed by atoms with van der Waals surface area (Å²) in [6, 6.07) is 6.39. The molecule has 0 aliphatic carbocycles. The quantitative estimate of drug-likeness (QED) is 0.692.